The molecular weight excluding hydrogens is 537 g/mol. The quantitative estimate of drug-likeness (QED) is 0.223. The van der Waals surface area contributed by atoms with Crippen LogP contribution in [0.5, 0.6) is 5.75 Å². The van der Waals surface area contributed by atoms with E-state index >= 15 is 0 Å². The van der Waals surface area contributed by atoms with E-state index < -0.39 is 17.5 Å². The third kappa shape index (κ3) is 24.7. The molecule has 0 unspecified atom stereocenters. The van der Waals surface area contributed by atoms with Crippen molar-refractivity contribution < 1.29 is 22.3 Å². The van der Waals surface area contributed by atoms with Crippen molar-refractivity contribution >= 4 is 25.3 Å². The summed E-state index contributed by atoms with van der Waals surface area (Å²) in [5.74, 6) is 3.93. The van der Waals surface area contributed by atoms with Gasteiger partial charge in [0.15, 0.2) is 0 Å². The number of rotatable bonds is 5. The van der Waals surface area contributed by atoms with Crippen LogP contribution in [0.4, 0.5) is 0 Å². The van der Waals surface area contributed by atoms with Gasteiger partial charge >= 0.3 is 110 Å². The SMILES string of the molecule is CCCCCOc1ccc(C#[C][Pt][Cl])cc1.CP(C)C.CP(C)C. The summed E-state index contributed by atoms with van der Waals surface area (Å²) >= 11 is -0.469. The molecule has 1 rings (SSSR count). The second kappa shape index (κ2) is 19.7. The molecule has 24 heavy (non-hydrogen) atoms. The average molecular weight is 570 g/mol. The van der Waals surface area contributed by atoms with Gasteiger partial charge in [0, 0.05) is 0 Å². The maximum absolute atomic E-state index is 5.60. The molecule has 0 amide bonds. The predicted molar refractivity (Wildman–Crippen MR) is 114 cm³/mol. The van der Waals surface area contributed by atoms with Crippen LogP contribution in [0.1, 0.15) is 31.7 Å². The van der Waals surface area contributed by atoms with Crippen molar-refractivity contribution in [3.63, 3.8) is 0 Å². The summed E-state index contributed by atoms with van der Waals surface area (Å²) in [6, 6.07) is 7.86. The Bertz CT molecular complexity index is 427. The molecule has 142 valence electrons. The molecule has 0 fully saturated rings. The van der Waals surface area contributed by atoms with E-state index in [-0.39, 0.29) is 0 Å². The number of unbranched alkanes of at least 4 members (excludes halogenated alkanes) is 2. The number of ether oxygens (including phenoxy) is 1. The van der Waals surface area contributed by atoms with E-state index in [1.165, 1.54) is 12.8 Å². The second-order valence-electron chi connectivity index (χ2n) is 6.03. The molecule has 0 atom stereocenters. The molecule has 0 saturated carbocycles. The van der Waals surface area contributed by atoms with Crippen molar-refractivity contribution in [1.29, 1.82) is 0 Å². The normalized spacial score (nSPS) is 9.42. The zero-order valence-electron chi connectivity index (χ0n) is 16.1. The van der Waals surface area contributed by atoms with E-state index in [1.54, 1.807) is 0 Å². The van der Waals surface area contributed by atoms with Gasteiger partial charge in [-0.2, -0.15) is 0 Å². The van der Waals surface area contributed by atoms with Crippen molar-refractivity contribution in [2.24, 2.45) is 0 Å². The maximum atomic E-state index is 5.60. The van der Waals surface area contributed by atoms with E-state index in [4.69, 9.17) is 14.2 Å². The smallest absolute Gasteiger partial charge is 0.0449 e. The fourth-order valence-corrected chi connectivity index (χ4v) is 1.92. The Morgan fingerprint density at radius 3 is 1.88 bits per heavy atom. The average Bonchev–Trinajstić information content (AvgIpc) is 2.49. The Hall–Kier alpha value is 0.418. The van der Waals surface area contributed by atoms with Crippen LogP contribution in [0.15, 0.2) is 24.3 Å². The summed E-state index contributed by atoms with van der Waals surface area (Å²) in [7, 11) is 6.35. The molecule has 0 aliphatic carbocycles. The van der Waals surface area contributed by atoms with Crippen molar-refractivity contribution in [3.05, 3.63) is 29.8 Å². The summed E-state index contributed by atoms with van der Waals surface area (Å²) in [6.07, 6.45) is 3.57. The largest absolute Gasteiger partial charge is 0.116 e. The van der Waals surface area contributed by atoms with Crippen molar-refractivity contribution in [1.82, 2.24) is 0 Å². The topological polar surface area (TPSA) is 9.23 Å². The molecule has 1 aromatic rings. The zero-order chi connectivity index (χ0) is 18.8. The Kier molecular flexibility index (Phi) is 21.9. The van der Waals surface area contributed by atoms with Crippen LogP contribution in [0.2, 0.25) is 0 Å². The Morgan fingerprint density at radius 2 is 1.46 bits per heavy atom. The molecule has 0 aliphatic rings. The third-order valence-corrected chi connectivity index (χ3v) is 3.07. The Morgan fingerprint density at radius 1 is 0.958 bits per heavy atom. The first-order valence-electron chi connectivity index (χ1n) is 7.98. The summed E-state index contributed by atoms with van der Waals surface area (Å²) in [6.45, 7) is 16.4. The maximum Gasteiger partial charge on any atom is -0.0449 e. The molecular formula is C19H33ClOP2Pt. The van der Waals surface area contributed by atoms with Crippen LogP contribution in [-0.2, 0) is 17.5 Å². The van der Waals surface area contributed by atoms with Gasteiger partial charge in [0.2, 0.25) is 0 Å². The van der Waals surface area contributed by atoms with Gasteiger partial charge in [-0.05, 0) is 40.0 Å². The minimum absolute atomic E-state index is 0.380. The van der Waals surface area contributed by atoms with E-state index in [1.807, 2.05) is 24.3 Å². The molecule has 0 heterocycles. The first-order chi connectivity index (χ1) is 11.3. The standard InChI is InChI=1S/C13H15O.2C3H9P.ClH.Pt/c1-3-5-6-11-14-13-9-7-12(4-2)8-10-13;2*1-4(2)3;;/h7-10H,3,5-6,11H2,1H3;2*1-3H3;1H;/q;;;;+1/p-1. The number of benzene rings is 1. The van der Waals surface area contributed by atoms with Gasteiger partial charge in [0.1, 0.15) is 0 Å². The molecule has 0 aliphatic heterocycles. The molecule has 0 bridgehead atoms. The molecule has 1 nitrogen and oxygen atoms in total. The van der Waals surface area contributed by atoms with Gasteiger partial charge < -0.3 is 0 Å². The van der Waals surface area contributed by atoms with Gasteiger partial charge in [0.05, 0.1) is 0 Å². The number of hydrogen-bond donors (Lipinski definition) is 0. The Labute approximate surface area is 165 Å². The summed E-state index contributed by atoms with van der Waals surface area (Å²) in [5.41, 5.74) is 1.00. The van der Waals surface area contributed by atoms with Crippen LogP contribution >= 0.6 is 25.3 Å². The zero-order valence-corrected chi connectivity index (χ0v) is 21.0. The van der Waals surface area contributed by atoms with Crippen LogP contribution in [0.25, 0.3) is 0 Å². The van der Waals surface area contributed by atoms with Crippen LogP contribution in [0.3, 0.4) is 0 Å². The van der Waals surface area contributed by atoms with Gasteiger partial charge in [-0.1, -0.05) is 0 Å². The van der Waals surface area contributed by atoms with Crippen LogP contribution in [-0.4, -0.2) is 46.6 Å². The molecule has 1 aromatic carbocycles. The van der Waals surface area contributed by atoms with Crippen LogP contribution < -0.4 is 4.74 Å². The predicted octanol–water partition coefficient (Wildman–Crippen LogP) is 6.52. The summed E-state index contributed by atoms with van der Waals surface area (Å²) in [5, 5.41) is 0. The summed E-state index contributed by atoms with van der Waals surface area (Å²) in [4.78, 5) is 0. The fraction of sp³-hybridized carbons (Fsp3) is 0.579. The fourth-order valence-electron chi connectivity index (χ4n) is 1.24. The number of halogens is 1. The second-order valence-corrected chi connectivity index (χ2v) is 13.4. The van der Waals surface area contributed by atoms with Gasteiger partial charge in [-0.3, -0.25) is 0 Å². The van der Waals surface area contributed by atoms with E-state index in [2.05, 4.69) is 57.1 Å². The minimum atomic E-state index is -0.469. The first kappa shape index (κ1) is 26.6. The molecule has 0 spiro atoms. The van der Waals surface area contributed by atoms with Gasteiger partial charge in [-0.15, -0.1) is 15.8 Å². The molecule has 0 N–H and O–H groups in total. The van der Waals surface area contributed by atoms with Crippen molar-refractivity contribution in [3.8, 4) is 16.0 Å². The van der Waals surface area contributed by atoms with E-state index in [9.17, 15) is 0 Å². The van der Waals surface area contributed by atoms with Gasteiger partial charge in [-0.25, -0.2) is 0 Å². The minimum Gasteiger partial charge on any atom is -0.116 e. The molecule has 5 heteroatoms. The molecule has 0 radical (unpaired) electrons. The van der Waals surface area contributed by atoms with Crippen molar-refractivity contribution in [2.45, 2.75) is 26.2 Å². The third-order valence-electron chi connectivity index (χ3n) is 2.08. The number of hydrogen-bond acceptors (Lipinski definition) is 1. The van der Waals surface area contributed by atoms with Gasteiger partial charge in [0.25, 0.3) is 0 Å². The Balaban J connectivity index is 0. The van der Waals surface area contributed by atoms with Crippen molar-refractivity contribution in [2.75, 3.05) is 46.6 Å². The van der Waals surface area contributed by atoms with Crippen LogP contribution in [0, 0.1) is 10.2 Å². The molecule has 0 saturated heterocycles. The van der Waals surface area contributed by atoms with E-state index in [0.29, 0.717) is 15.8 Å². The first-order valence-corrected chi connectivity index (χ1v) is 17.3. The molecule has 0 aromatic heterocycles. The summed E-state index contributed by atoms with van der Waals surface area (Å²) < 4.78 is 8.53. The van der Waals surface area contributed by atoms with E-state index in [0.717, 1.165) is 24.3 Å². The monoisotopic (exact) mass is 569 g/mol.